The molecule has 0 bridgehead atoms. The van der Waals surface area contributed by atoms with E-state index in [1.54, 1.807) is 30.1 Å². The maximum Gasteiger partial charge on any atom is 0.274 e. The van der Waals surface area contributed by atoms with Gasteiger partial charge < -0.3 is 10.2 Å². The van der Waals surface area contributed by atoms with Crippen LogP contribution in [-0.2, 0) is 24.8 Å². The topological polar surface area (TPSA) is 70.5 Å². The van der Waals surface area contributed by atoms with Crippen LogP contribution in [0, 0.1) is 5.82 Å². The lowest BCUT2D eigenvalue weighted by Gasteiger charge is -2.34. The lowest BCUT2D eigenvalue weighted by Crippen LogP contribution is -2.48. The molecule has 4 rings (SSSR count). The molecule has 2 amide bonds. The zero-order chi connectivity index (χ0) is 22.5. The number of anilines is 1. The predicted molar refractivity (Wildman–Crippen MR) is 120 cm³/mol. The molecular weight excluding hydrogens is 409 g/mol. The van der Waals surface area contributed by atoms with Crippen LogP contribution in [0.4, 0.5) is 10.2 Å². The lowest BCUT2D eigenvalue weighted by molar-refractivity contribution is -0.115. The van der Waals surface area contributed by atoms with E-state index in [9.17, 15) is 14.0 Å². The van der Waals surface area contributed by atoms with Gasteiger partial charge in [0.1, 0.15) is 11.6 Å². The van der Waals surface area contributed by atoms with Crippen molar-refractivity contribution in [3.05, 3.63) is 83.3 Å². The van der Waals surface area contributed by atoms with Crippen molar-refractivity contribution in [2.45, 2.75) is 13.0 Å². The molecule has 0 radical (unpaired) electrons. The zero-order valence-corrected chi connectivity index (χ0v) is 18.0. The molecule has 8 heteroatoms. The fourth-order valence-corrected chi connectivity index (χ4v) is 3.78. The summed E-state index contributed by atoms with van der Waals surface area (Å²) in [7, 11) is 1.70. The Balaban J connectivity index is 1.31. The van der Waals surface area contributed by atoms with Crippen molar-refractivity contribution in [2.75, 3.05) is 31.5 Å². The molecule has 0 aliphatic carbocycles. The predicted octanol–water partition coefficient (Wildman–Crippen LogP) is 2.70. The smallest absolute Gasteiger partial charge is 0.274 e. The summed E-state index contributed by atoms with van der Waals surface area (Å²) in [6.07, 6.45) is 0.255. The minimum atomic E-state index is -0.241. The van der Waals surface area contributed by atoms with Crippen molar-refractivity contribution in [3.63, 3.8) is 0 Å². The Morgan fingerprint density at radius 3 is 2.34 bits per heavy atom. The summed E-state index contributed by atoms with van der Waals surface area (Å²) in [4.78, 5) is 29.3. The molecule has 2 aromatic carbocycles. The number of carbonyl (C=O) groups excluding carboxylic acids is 2. The van der Waals surface area contributed by atoms with Crippen molar-refractivity contribution < 1.29 is 14.0 Å². The molecule has 0 saturated carbocycles. The molecule has 3 aromatic rings. The SMILES string of the molecule is Cn1nc(C(=O)N2CCN(Cc3ccc(F)cc3)CC2)cc1NC(=O)Cc1ccccc1. The maximum atomic E-state index is 13.1. The van der Waals surface area contributed by atoms with Gasteiger partial charge in [0.05, 0.1) is 6.42 Å². The molecule has 1 saturated heterocycles. The van der Waals surface area contributed by atoms with Gasteiger partial charge in [-0.25, -0.2) is 4.39 Å². The first-order valence-corrected chi connectivity index (χ1v) is 10.6. The van der Waals surface area contributed by atoms with Gasteiger partial charge in [-0.15, -0.1) is 0 Å². The molecule has 1 fully saturated rings. The monoisotopic (exact) mass is 435 g/mol. The number of hydrogen-bond acceptors (Lipinski definition) is 4. The van der Waals surface area contributed by atoms with Crippen LogP contribution >= 0.6 is 0 Å². The van der Waals surface area contributed by atoms with Gasteiger partial charge in [-0.1, -0.05) is 42.5 Å². The average Bonchev–Trinajstić information content (AvgIpc) is 3.16. The van der Waals surface area contributed by atoms with Crippen LogP contribution in [0.25, 0.3) is 0 Å². The molecule has 0 unspecified atom stereocenters. The zero-order valence-electron chi connectivity index (χ0n) is 18.0. The van der Waals surface area contributed by atoms with Gasteiger partial charge in [-0.2, -0.15) is 5.10 Å². The molecule has 0 spiro atoms. The van der Waals surface area contributed by atoms with E-state index < -0.39 is 0 Å². The number of halogens is 1. The Labute approximate surface area is 186 Å². The standard InChI is InChI=1S/C24H26FN5O2/c1-28-22(26-23(31)15-18-5-3-2-4-6-18)16-21(27-28)24(32)30-13-11-29(12-14-30)17-19-7-9-20(25)10-8-19/h2-10,16H,11-15,17H2,1H3,(H,26,31). The maximum absolute atomic E-state index is 13.1. The van der Waals surface area contributed by atoms with Gasteiger partial charge in [0, 0.05) is 45.8 Å². The summed E-state index contributed by atoms with van der Waals surface area (Å²) >= 11 is 0. The van der Waals surface area contributed by atoms with E-state index in [1.807, 2.05) is 30.3 Å². The van der Waals surface area contributed by atoms with E-state index >= 15 is 0 Å². The molecular formula is C24H26FN5O2. The number of carbonyl (C=O) groups is 2. The number of nitrogens with zero attached hydrogens (tertiary/aromatic N) is 4. The second-order valence-electron chi connectivity index (χ2n) is 7.94. The lowest BCUT2D eigenvalue weighted by atomic mass is 10.1. The Bertz CT molecular complexity index is 1070. The van der Waals surface area contributed by atoms with Gasteiger partial charge in [-0.05, 0) is 23.3 Å². The summed E-state index contributed by atoms with van der Waals surface area (Å²) < 4.78 is 14.6. The van der Waals surface area contributed by atoms with E-state index in [0.29, 0.717) is 24.6 Å². The van der Waals surface area contributed by atoms with Crippen LogP contribution in [0.15, 0.2) is 60.7 Å². The summed E-state index contributed by atoms with van der Waals surface area (Å²) in [5.74, 6) is -0.0578. The van der Waals surface area contributed by atoms with Gasteiger partial charge >= 0.3 is 0 Å². The molecule has 1 aliphatic rings. The van der Waals surface area contributed by atoms with Crippen molar-refractivity contribution in [3.8, 4) is 0 Å². The highest BCUT2D eigenvalue weighted by molar-refractivity contribution is 5.96. The summed E-state index contributed by atoms with van der Waals surface area (Å²) in [6, 6.07) is 17.6. The van der Waals surface area contributed by atoms with Crippen LogP contribution in [0.3, 0.4) is 0 Å². The number of rotatable bonds is 6. The Morgan fingerprint density at radius 2 is 1.66 bits per heavy atom. The van der Waals surface area contributed by atoms with Crippen molar-refractivity contribution in [1.82, 2.24) is 19.6 Å². The highest BCUT2D eigenvalue weighted by atomic mass is 19.1. The van der Waals surface area contributed by atoms with E-state index in [4.69, 9.17) is 0 Å². The molecule has 166 valence electrons. The number of nitrogens with one attached hydrogen (secondary N) is 1. The first kappa shape index (κ1) is 21.7. The van der Waals surface area contributed by atoms with Crippen LogP contribution < -0.4 is 5.32 Å². The largest absolute Gasteiger partial charge is 0.335 e. The van der Waals surface area contributed by atoms with Crippen LogP contribution in [0.1, 0.15) is 21.6 Å². The van der Waals surface area contributed by atoms with Gasteiger partial charge in [0.2, 0.25) is 5.91 Å². The number of benzene rings is 2. The third kappa shape index (κ3) is 5.39. The molecule has 1 N–H and O–H groups in total. The van der Waals surface area contributed by atoms with Crippen molar-refractivity contribution in [1.29, 1.82) is 0 Å². The quantitative estimate of drug-likeness (QED) is 0.646. The Hall–Kier alpha value is -3.52. The number of amides is 2. The third-order valence-corrected chi connectivity index (χ3v) is 5.55. The fraction of sp³-hybridized carbons (Fsp3) is 0.292. The van der Waals surface area contributed by atoms with E-state index in [1.165, 1.54) is 16.8 Å². The van der Waals surface area contributed by atoms with Crippen LogP contribution in [0.2, 0.25) is 0 Å². The molecule has 32 heavy (non-hydrogen) atoms. The molecule has 1 aromatic heterocycles. The summed E-state index contributed by atoms with van der Waals surface area (Å²) in [5, 5.41) is 7.13. The fourth-order valence-electron chi connectivity index (χ4n) is 3.78. The number of aryl methyl sites for hydroxylation is 1. The average molecular weight is 436 g/mol. The van der Waals surface area contributed by atoms with E-state index in [-0.39, 0.29) is 24.1 Å². The minimum absolute atomic E-state index is 0.148. The Morgan fingerprint density at radius 1 is 0.969 bits per heavy atom. The Kier molecular flexibility index (Phi) is 6.61. The van der Waals surface area contributed by atoms with E-state index in [0.717, 1.165) is 30.8 Å². The number of aromatic nitrogens is 2. The number of hydrogen-bond donors (Lipinski definition) is 1. The third-order valence-electron chi connectivity index (χ3n) is 5.55. The molecule has 2 heterocycles. The van der Waals surface area contributed by atoms with Gasteiger partial charge in [-0.3, -0.25) is 19.2 Å². The number of piperazine rings is 1. The summed E-state index contributed by atoms with van der Waals surface area (Å²) in [6.45, 7) is 3.37. The molecule has 7 nitrogen and oxygen atoms in total. The van der Waals surface area contributed by atoms with Gasteiger partial charge in [0.15, 0.2) is 5.69 Å². The summed E-state index contributed by atoms with van der Waals surface area (Å²) in [5.41, 5.74) is 2.28. The van der Waals surface area contributed by atoms with Gasteiger partial charge in [0.25, 0.3) is 5.91 Å². The van der Waals surface area contributed by atoms with Crippen LogP contribution in [-0.4, -0.2) is 57.6 Å². The second kappa shape index (κ2) is 9.74. The first-order chi connectivity index (χ1) is 15.5. The van der Waals surface area contributed by atoms with Crippen LogP contribution in [0.5, 0.6) is 0 Å². The normalized spacial score (nSPS) is 14.4. The highest BCUT2D eigenvalue weighted by Crippen LogP contribution is 2.15. The van der Waals surface area contributed by atoms with Crippen molar-refractivity contribution in [2.24, 2.45) is 7.05 Å². The molecule has 0 atom stereocenters. The minimum Gasteiger partial charge on any atom is -0.335 e. The first-order valence-electron chi connectivity index (χ1n) is 10.6. The molecule has 1 aliphatic heterocycles. The van der Waals surface area contributed by atoms with E-state index in [2.05, 4.69) is 15.3 Å². The van der Waals surface area contributed by atoms with Crippen molar-refractivity contribution >= 4 is 17.6 Å². The highest BCUT2D eigenvalue weighted by Gasteiger charge is 2.25. The second-order valence-corrected chi connectivity index (χ2v) is 7.94.